The van der Waals surface area contributed by atoms with Gasteiger partial charge in [0.05, 0.1) is 17.6 Å². The lowest BCUT2D eigenvalue weighted by atomic mass is 10.1. The van der Waals surface area contributed by atoms with Crippen LogP contribution in [0, 0.1) is 0 Å². The summed E-state index contributed by atoms with van der Waals surface area (Å²) >= 11 is 12.2. The van der Waals surface area contributed by atoms with Crippen molar-refractivity contribution in [3.63, 3.8) is 0 Å². The Labute approximate surface area is 154 Å². The molecule has 25 heavy (non-hydrogen) atoms. The van der Waals surface area contributed by atoms with E-state index in [1.165, 1.54) is 0 Å². The van der Waals surface area contributed by atoms with Gasteiger partial charge in [0.2, 0.25) is 0 Å². The number of nitrogens with zero attached hydrogens (tertiary/aromatic N) is 3. The van der Waals surface area contributed by atoms with E-state index in [4.69, 9.17) is 23.2 Å². The SMILES string of the molecule is Oc1ccc(Cc2cnc3ccc(-c4cc(Cl)cc(Cl)c4)nn23)cc1. The van der Waals surface area contributed by atoms with Gasteiger partial charge < -0.3 is 5.11 Å². The van der Waals surface area contributed by atoms with Crippen LogP contribution in [0.4, 0.5) is 0 Å². The summed E-state index contributed by atoms with van der Waals surface area (Å²) in [4.78, 5) is 4.40. The molecule has 0 aliphatic rings. The fraction of sp³-hybridized carbons (Fsp3) is 0.0526. The maximum Gasteiger partial charge on any atom is 0.153 e. The number of rotatable bonds is 3. The highest BCUT2D eigenvalue weighted by molar-refractivity contribution is 6.35. The number of hydrogen-bond acceptors (Lipinski definition) is 3. The van der Waals surface area contributed by atoms with Crippen molar-refractivity contribution in [1.82, 2.24) is 14.6 Å². The summed E-state index contributed by atoms with van der Waals surface area (Å²) in [6.07, 6.45) is 2.47. The first-order valence-electron chi connectivity index (χ1n) is 7.66. The van der Waals surface area contributed by atoms with Gasteiger partial charge in [0.15, 0.2) is 5.65 Å². The number of halogens is 2. The van der Waals surface area contributed by atoms with Crippen molar-refractivity contribution in [2.45, 2.75) is 6.42 Å². The second kappa shape index (κ2) is 6.39. The molecule has 0 aliphatic carbocycles. The molecule has 0 unspecified atom stereocenters. The molecule has 4 nitrogen and oxygen atoms in total. The van der Waals surface area contributed by atoms with Gasteiger partial charge in [0.25, 0.3) is 0 Å². The average Bonchev–Trinajstić information content (AvgIpc) is 2.98. The van der Waals surface area contributed by atoms with Gasteiger partial charge in [-0.3, -0.25) is 0 Å². The molecule has 0 fully saturated rings. The fourth-order valence-corrected chi connectivity index (χ4v) is 3.25. The average molecular weight is 370 g/mol. The molecule has 4 aromatic rings. The van der Waals surface area contributed by atoms with Crippen molar-refractivity contribution >= 4 is 28.8 Å². The Hall–Kier alpha value is -2.56. The number of fused-ring (bicyclic) bond motifs is 1. The second-order valence-electron chi connectivity index (χ2n) is 5.74. The summed E-state index contributed by atoms with van der Waals surface area (Å²) in [5.74, 6) is 0.250. The van der Waals surface area contributed by atoms with Gasteiger partial charge in [-0.05, 0) is 48.0 Å². The van der Waals surface area contributed by atoms with Crippen LogP contribution in [0.15, 0.2) is 60.8 Å². The Morgan fingerprint density at radius 1 is 0.920 bits per heavy atom. The van der Waals surface area contributed by atoms with E-state index in [0.29, 0.717) is 16.5 Å². The van der Waals surface area contributed by atoms with Gasteiger partial charge in [-0.1, -0.05) is 35.3 Å². The summed E-state index contributed by atoms with van der Waals surface area (Å²) < 4.78 is 1.82. The van der Waals surface area contributed by atoms with Crippen LogP contribution in [0.3, 0.4) is 0 Å². The van der Waals surface area contributed by atoms with Gasteiger partial charge in [0.1, 0.15) is 5.75 Å². The summed E-state index contributed by atoms with van der Waals surface area (Å²) in [5.41, 5.74) is 4.41. The smallest absolute Gasteiger partial charge is 0.153 e. The number of aromatic hydroxyl groups is 1. The molecule has 0 saturated heterocycles. The minimum absolute atomic E-state index is 0.250. The highest BCUT2D eigenvalue weighted by atomic mass is 35.5. The molecule has 0 aliphatic heterocycles. The Kier molecular flexibility index (Phi) is 4.07. The first-order valence-corrected chi connectivity index (χ1v) is 8.42. The van der Waals surface area contributed by atoms with Crippen molar-refractivity contribution in [2.75, 3.05) is 0 Å². The number of imidazole rings is 1. The molecule has 6 heteroatoms. The monoisotopic (exact) mass is 369 g/mol. The summed E-state index contributed by atoms with van der Waals surface area (Å²) in [7, 11) is 0. The first-order chi connectivity index (χ1) is 12.1. The molecule has 1 N–H and O–H groups in total. The minimum Gasteiger partial charge on any atom is -0.508 e. The van der Waals surface area contributed by atoms with E-state index in [1.807, 2.05) is 47.1 Å². The number of phenolic OH excluding ortho intramolecular Hbond substituents is 1. The predicted molar refractivity (Wildman–Crippen MR) is 99.4 cm³/mol. The molecule has 4 rings (SSSR count). The molecule has 0 bridgehead atoms. The van der Waals surface area contributed by atoms with Gasteiger partial charge in [-0.15, -0.1) is 0 Å². The second-order valence-corrected chi connectivity index (χ2v) is 6.61. The number of benzene rings is 2. The largest absolute Gasteiger partial charge is 0.508 e. The van der Waals surface area contributed by atoms with E-state index in [0.717, 1.165) is 28.2 Å². The van der Waals surface area contributed by atoms with Crippen LogP contribution in [0.5, 0.6) is 5.75 Å². The predicted octanol–water partition coefficient (Wildman–Crippen LogP) is 5.00. The van der Waals surface area contributed by atoms with Crippen LogP contribution < -0.4 is 0 Å². The van der Waals surface area contributed by atoms with Crippen LogP contribution in [0.1, 0.15) is 11.3 Å². The lowest BCUT2D eigenvalue weighted by molar-refractivity contribution is 0.475. The van der Waals surface area contributed by atoms with E-state index >= 15 is 0 Å². The maximum atomic E-state index is 9.41. The van der Waals surface area contributed by atoms with Gasteiger partial charge >= 0.3 is 0 Å². The van der Waals surface area contributed by atoms with E-state index in [1.54, 1.807) is 18.2 Å². The Balaban J connectivity index is 1.75. The third kappa shape index (κ3) is 3.31. The van der Waals surface area contributed by atoms with Gasteiger partial charge in [-0.2, -0.15) is 5.10 Å². The maximum absolute atomic E-state index is 9.41. The molecular formula is C19H13Cl2N3O. The Morgan fingerprint density at radius 3 is 2.36 bits per heavy atom. The molecule has 0 atom stereocenters. The molecule has 0 amide bonds. The Morgan fingerprint density at radius 2 is 1.64 bits per heavy atom. The lowest BCUT2D eigenvalue weighted by Gasteiger charge is -2.06. The minimum atomic E-state index is 0.250. The van der Waals surface area contributed by atoms with Crippen LogP contribution in [0.2, 0.25) is 10.0 Å². The highest BCUT2D eigenvalue weighted by Gasteiger charge is 2.09. The topological polar surface area (TPSA) is 50.4 Å². The molecule has 0 spiro atoms. The van der Waals surface area contributed by atoms with Crippen molar-refractivity contribution in [3.05, 3.63) is 82.1 Å². The summed E-state index contributed by atoms with van der Waals surface area (Å²) in [6.45, 7) is 0. The van der Waals surface area contributed by atoms with Gasteiger partial charge in [0, 0.05) is 22.0 Å². The normalized spacial score (nSPS) is 11.1. The molecular weight excluding hydrogens is 357 g/mol. The lowest BCUT2D eigenvalue weighted by Crippen LogP contribution is -2.00. The molecule has 124 valence electrons. The summed E-state index contributed by atoms with van der Waals surface area (Å²) in [5, 5.41) is 15.2. The number of phenols is 1. The molecule has 0 saturated carbocycles. The molecule has 2 aromatic heterocycles. The van der Waals surface area contributed by atoms with Crippen molar-refractivity contribution in [2.24, 2.45) is 0 Å². The number of hydrogen-bond donors (Lipinski definition) is 1. The van der Waals surface area contributed by atoms with Crippen molar-refractivity contribution in [3.8, 4) is 17.0 Å². The van der Waals surface area contributed by atoms with Gasteiger partial charge in [-0.25, -0.2) is 9.50 Å². The van der Waals surface area contributed by atoms with Crippen LogP contribution in [-0.2, 0) is 6.42 Å². The highest BCUT2D eigenvalue weighted by Crippen LogP contribution is 2.26. The third-order valence-corrected chi connectivity index (χ3v) is 4.35. The van der Waals surface area contributed by atoms with Crippen LogP contribution in [0.25, 0.3) is 16.9 Å². The van der Waals surface area contributed by atoms with E-state index in [-0.39, 0.29) is 5.75 Å². The first kappa shape index (κ1) is 15.9. The molecule has 0 radical (unpaired) electrons. The standard InChI is InChI=1S/C19H13Cl2N3O/c20-14-8-13(9-15(21)10-14)18-5-6-19-22-11-16(24(19)23-18)7-12-1-3-17(25)4-2-12/h1-6,8-11,25H,7H2. The van der Waals surface area contributed by atoms with Crippen LogP contribution >= 0.6 is 23.2 Å². The van der Waals surface area contributed by atoms with E-state index in [2.05, 4.69) is 10.1 Å². The third-order valence-electron chi connectivity index (χ3n) is 3.91. The Bertz CT molecular complexity index is 1040. The molecule has 2 heterocycles. The van der Waals surface area contributed by atoms with Crippen LogP contribution in [-0.4, -0.2) is 19.7 Å². The fourth-order valence-electron chi connectivity index (χ4n) is 2.72. The zero-order valence-corrected chi connectivity index (χ0v) is 14.5. The summed E-state index contributed by atoms with van der Waals surface area (Å²) in [6, 6.07) is 16.3. The van der Waals surface area contributed by atoms with E-state index < -0.39 is 0 Å². The number of aromatic nitrogens is 3. The zero-order chi connectivity index (χ0) is 17.4. The quantitative estimate of drug-likeness (QED) is 0.552. The van der Waals surface area contributed by atoms with Crippen molar-refractivity contribution in [1.29, 1.82) is 0 Å². The zero-order valence-electron chi connectivity index (χ0n) is 13.0. The molecule has 2 aromatic carbocycles. The van der Waals surface area contributed by atoms with Crippen molar-refractivity contribution < 1.29 is 5.11 Å². The van der Waals surface area contributed by atoms with E-state index in [9.17, 15) is 5.11 Å².